The lowest BCUT2D eigenvalue weighted by Crippen LogP contribution is -2.02. The minimum absolute atomic E-state index is 0.242. The maximum Gasteiger partial charge on any atom is 0.119 e. The van der Waals surface area contributed by atoms with Gasteiger partial charge in [0, 0.05) is 11.5 Å². The van der Waals surface area contributed by atoms with Crippen LogP contribution in [0.2, 0.25) is 0 Å². The number of ether oxygens (including phenoxy) is 1. The van der Waals surface area contributed by atoms with Crippen LogP contribution in [0.15, 0.2) is 54.6 Å². The average molecular weight is 288 g/mol. The maximum atomic E-state index is 9.21. The Bertz CT molecular complexity index is 494. The number of hydrogen-bond donors (Lipinski definition) is 1. The van der Waals surface area contributed by atoms with E-state index in [9.17, 15) is 5.11 Å². The van der Waals surface area contributed by atoms with E-state index in [2.05, 4.69) is 24.3 Å². The molecule has 0 radical (unpaired) electrons. The predicted molar refractivity (Wildman–Crippen MR) is 85.1 cm³/mol. The molecule has 1 N–H and O–H groups in total. The first kappa shape index (κ1) is 14.9. The van der Waals surface area contributed by atoms with E-state index in [4.69, 9.17) is 4.74 Å². The lowest BCUT2D eigenvalue weighted by Gasteiger charge is -2.08. The summed E-state index contributed by atoms with van der Waals surface area (Å²) >= 11 is 1.74. The third-order valence-corrected chi connectivity index (χ3v) is 4.06. The van der Waals surface area contributed by atoms with E-state index < -0.39 is 0 Å². The number of benzene rings is 2. The van der Waals surface area contributed by atoms with Crippen molar-refractivity contribution >= 4 is 11.8 Å². The van der Waals surface area contributed by atoms with Crippen LogP contribution in [0, 0.1) is 0 Å². The van der Waals surface area contributed by atoms with Crippen LogP contribution in [-0.4, -0.2) is 17.0 Å². The molecule has 2 rings (SSSR count). The van der Waals surface area contributed by atoms with Gasteiger partial charge in [-0.25, -0.2) is 0 Å². The number of aliphatic hydroxyl groups excluding tert-OH is 1. The van der Waals surface area contributed by atoms with Crippen LogP contribution in [0.4, 0.5) is 0 Å². The topological polar surface area (TPSA) is 29.5 Å². The minimum atomic E-state index is -0.242. The fourth-order valence-corrected chi connectivity index (χ4v) is 2.66. The summed E-state index contributed by atoms with van der Waals surface area (Å²) in [5, 5.41) is 9.21. The largest absolute Gasteiger partial charge is 0.489 e. The highest BCUT2D eigenvalue weighted by molar-refractivity contribution is 7.98. The van der Waals surface area contributed by atoms with E-state index in [1.165, 1.54) is 11.1 Å². The maximum absolute atomic E-state index is 9.21. The summed E-state index contributed by atoms with van der Waals surface area (Å²) < 4.78 is 5.74. The quantitative estimate of drug-likeness (QED) is 0.838. The molecule has 0 fully saturated rings. The molecule has 0 aliphatic rings. The normalized spacial score (nSPS) is 12.1. The van der Waals surface area contributed by atoms with E-state index in [-0.39, 0.29) is 6.10 Å². The summed E-state index contributed by atoms with van der Waals surface area (Å²) in [5.74, 6) is 2.58. The van der Waals surface area contributed by atoms with E-state index in [0.717, 1.165) is 17.3 Å². The van der Waals surface area contributed by atoms with Crippen molar-refractivity contribution < 1.29 is 9.84 Å². The molecule has 0 aliphatic carbocycles. The second-order valence-electron chi connectivity index (χ2n) is 4.78. The molecule has 0 saturated carbocycles. The Morgan fingerprint density at radius 3 is 2.35 bits per heavy atom. The van der Waals surface area contributed by atoms with Gasteiger partial charge in [-0.2, -0.15) is 11.8 Å². The Kier molecular flexibility index (Phi) is 5.96. The Morgan fingerprint density at radius 2 is 1.70 bits per heavy atom. The SMILES string of the molecule is CC(O)CSCc1ccc(OCc2ccccc2)cc1. The molecule has 0 spiro atoms. The summed E-state index contributed by atoms with van der Waals surface area (Å²) in [6.07, 6.45) is -0.242. The second-order valence-corrected chi connectivity index (χ2v) is 5.81. The summed E-state index contributed by atoms with van der Waals surface area (Å²) in [4.78, 5) is 0. The molecule has 0 heterocycles. The highest BCUT2D eigenvalue weighted by Crippen LogP contribution is 2.18. The molecule has 2 aromatic carbocycles. The molecule has 0 aromatic heterocycles. The van der Waals surface area contributed by atoms with E-state index in [1.807, 2.05) is 37.3 Å². The first-order chi connectivity index (χ1) is 9.74. The van der Waals surface area contributed by atoms with Gasteiger partial charge in [0.15, 0.2) is 0 Å². The van der Waals surface area contributed by atoms with Crippen LogP contribution >= 0.6 is 11.8 Å². The zero-order valence-corrected chi connectivity index (χ0v) is 12.5. The Morgan fingerprint density at radius 1 is 1.00 bits per heavy atom. The van der Waals surface area contributed by atoms with Crippen molar-refractivity contribution in [3.8, 4) is 5.75 Å². The fourth-order valence-electron chi connectivity index (χ4n) is 1.77. The highest BCUT2D eigenvalue weighted by Gasteiger charge is 1.99. The minimum Gasteiger partial charge on any atom is -0.489 e. The van der Waals surface area contributed by atoms with Crippen molar-refractivity contribution in [1.82, 2.24) is 0 Å². The van der Waals surface area contributed by atoms with Crippen molar-refractivity contribution in [3.05, 3.63) is 65.7 Å². The average Bonchev–Trinajstić information content (AvgIpc) is 2.47. The number of aliphatic hydroxyl groups is 1. The summed E-state index contributed by atoms with van der Waals surface area (Å²) in [6.45, 7) is 2.41. The van der Waals surface area contributed by atoms with Gasteiger partial charge in [-0.1, -0.05) is 42.5 Å². The van der Waals surface area contributed by atoms with Crippen molar-refractivity contribution in [3.63, 3.8) is 0 Å². The van der Waals surface area contributed by atoms with Crippen LogP contribution in [0.1, 0.15) is 18.1 Å². The first-order valence-electron chi connectivity index (χ1n) is 6.75. The zero-order valence-electron chi connectivity index (χ0n) is 11.7. The molecule has 1 unspecified atom stereocenters. The highest BCUT2D eigenvalue weighted by atomic mass is 32.2. The molecule has 1 atom stereocenters. The number of thioether (sulfide) groups is 1. The third kappa shape index (κ3) is 5.27. The zero-order chi connectivity index (χ0) is 14.2. The Hall–Kier alpha value is -1.45. The van der Waals surface area contributed by atoms with Crippen LogP contribution in [0.3, 0.4) is 0 Å². The van der Waals surface area contributed by atoms with E-state index >= 15 is 0 Å². The van der Waals surface area contributed by atoms with Crippen molar-refractivity contribution in [1.29, 1.82) is 0 Å². The molecule has 106 valence electrons. The fraction of sp³-hybridized carbons (Fsp3) is 0.294. The number of hydrogen-bond acceptors (Lipinski definition) is 3. The van der Waals surface area contributed by atoms with Gasteiger partial charge in [0.25, 0.3) is 0 Å². The van der Waals surface area contributed by atoms with Gasteiger partial charge in [0.05, 0.1) is 6.10 Å². The molecule has 2 nitrogen and oxygen atoms in total. The first-order valence-corrected chi connectivity index (χ1v) is 7.91. The molecule has 2 aromatic rings. The van der Waals surface area contributed by atoms with Crippen molar-refractivity contribution in [2.24, 2.45) is 0 Å². The Labute approximate surface area is 124 Å². The summed E-state index contributed by atoms with van der Waals surface area (Å²) in [7, 11) is 0. The molecule has 20 heavy (non-hydrogen) atoms. The smallest absolute Gasteiger partial charge is 0.119 e. The molecular formula is C17H20O2S. The lowest BCUT2D eigenvalue weighted by molar-refractivity contribution is 0.220. The molecular weight excluding hydrogens is 268 g/mol. The van der Waals surface area contributed by atoms with Crippen molar-refractivity contribution in [2.75, 3.05) is 5.75 Å². The molecule has 0 amide bonds. The van der Waals surface area contributed by atoms with E-state index in [1.54, 1.807) is 11.8 Å². The monoisotopic (exact) mass is 288 g/mol. The molecule has 0 bridgehead atoms. The lowest BCUT2D eigenvalue weighted by atomic mass is 10.2. The molecule has 0 aliphatic heterocycles. The van der Waals surface area contributed by atoms with Gasteiger partial charge in [-0.05, 0) is 30.2 Å². The second kappa shape index (κ2) is 7.98. The van der Waals surface area contributed by atoms with Gasteiger partial charge in [0.1, 0.15) is 12.4 Å². The summed E-state index contributed by atoms with van der Waals surface area (Å²) in [5.41, 5.74) is 2.42. The Balaban J connectivity index is 1.79. The molecule has 0 saturated heterocycles. The molecule has 3 heteroatoms. The van der Waals surface area contributed by atoms with Gasteiger partial charge in [0.2, 0.25) is 0 Å². The predicted octanol–water partition coefficient (Wildman–Crippen LogP) is 3.88. The van der Waals surface area contributed by atoms with Crippen molar-refractivity contribution in [2.45, 2.75) is 25.4 Å². The van der Waals surface area contributed by atoms with Crippen LogP contribution < -0.4 is 4.74 Å². The third-order valence-electron chi connectivity index (χ3n) is 2.80. The van der Waals surface area contributed by atoms with Crippen LogP contribution in [-0.2, 0) is 12.4 Å². The van der Waals surface area contributed by atoms with Gasteiger partial charge >= 0.3 is 0 Å². The standard InChI is InChI=1S/C17H20O2S/c1-14(18)12-20-13-16-7-9-17(10-8-16)19-11-15-5-3-2-4-6-15/h2-10,14,18H,11-13H2,1H3. The van der Waals surface area contributed by atoms with Gasteiger partial charge in [-0.15, -0.1) is 0 Å². The van der Waals surface area contributed by atoms with Crippen LogP contribution in [0.25, 0.3) is 0 Å². The summed E-state index contributed by atoms with van der Waals surface area (Å²) in [6, 6.07) is 18.3. The van der Waals surface area contributed by atoms with Gasteiger partial charge < -0.3 is 9.84 Å². The van der Waals surface area contributed by atoms with Crippen LogP contribution in [0.5, 0.6) is 5.75 Å². The number of rotatable bonds is 7. The van der Waals surface area contributed by atoms with E-state index in [0.29, 0.717) is 6.61 Å². The van der Waals surface area contributed by atoms with Gasteiger partial charge in [-0.3, -0.25) is 0 Å².